The summed E-state index contributed by atoms with van der Waals surface area (Å²) in [5, 5.41) is 15.2. The van der Waals surface area contributed by atoms with Crippen molar-refractivity contribution in [3.8, 4) is 5.75 Å². The van der Waals surface area contributed by atoms with Gasteiger partial charge in [-0.1, -0.05) is 54.1 Å². The molecule has 1 aliphatic rings. The van der Waals surface area contributed by atoms with Gasteiger partial charge in [-0.05, 0) is 42.0 Å². The fourth-order valence-electron chi connectivity index (χ4n) is 3.56. The SMILES string of the molecule is O=c1oc2ccccc2c(O)c1C1=CC(c2ccccc2Cl)Sc2ccccc2N1. The zero-order valence-corrected chi connectivity index (χ0v) is 17.2. The Labute approximate surface area is 181 Å². The first kappa shape index (κ1) is 18.9. The third-order valence-corrected chi connectivity index (χ3v) is 6.59. The number of rotatable bonds is 2. The maximum Gasteiger partial charge on any atom is 0.349 e. The van der Waals surface area contributed by atoms with Crippen LogP contribution in [0.4, 0.5) is 5.69 Å². The molecule has 0 saturated carbocycles. The van der Waals surface area contributed by atoms with Crippen LogP contribution in [0.3, 0.4) is 0 Å². The molecule has 1 aromatic heterocycles. The Morgan fingerprint density at radius 2 is 1.70 bits per heavy atom. The van der Waals surface area contributed by atoms with Gasteiger partial charge < -0.3 is 14.8 Å². The average molecular weight is 434 g/mol. The highest BCUT2D eigenvalue weighted by Gasteiger charge is 2.25. The third kappa shape index (κ3) is 3.26. The third-order valence-electron chi connectivity index (χ3n) is 5.00. The molecule has 2 N–H and O–H groups in total. The van der Waals surface area contributed by atoms with Crippen LogP contribution in [0.2, 0.25) is 5.02 Å². The molecular weight excluding hydrogens is 418 g/mol. The number of anilines is 1. The number of para-hydroxylation sites is 2. The standard InChI is InChI=1S/C24H16ClNO3S/c25-16-9-3-1-7-14(16)21-13-18(26-17-10-4-6-12-20(17)30-21)22-23(27)15-8-2-5-11-19(15)29-24(22)28/h1-13,21,26-27H. The van der Waals surface area contributed by atoms with Gasteiger partial charge in [-0.25, -0.2) is 4.79 Å². The Kier molecular flexibility index (Phi) is 4.77. The second-order valence-electron chi connectivity index (χ2n) is 6.87. The Hall–Kier alpha value is -3.15. The minimum absolute atomic E-state index is 0.100. The molecule has 3 aromatic carbocycles. The predicted molar refractivity (Wildman–Crippen MR) is 122 cm³/mol. The first-order valence-corrected chi connectivity index (χ1v) is 10.6. The summed E-state index contributed by atoms with van der Waals surface area (Å²) in [6, 6.07) is 22.4. The molecule has 0 aliphatic carbocycles. The summed E-state index contributed by atoms with van der Waals surface area (Å²) < 4.78 is 5.49. The minimum atomic E-state index is -0.604. The molecule has 4 aromatic rings. The van der Waals surface area contributed by atoms with Crippen molar-refractivity contribution in [1.82, 2.24) is 0 Å². The fourth-order valence-corrected chi connectivity index (χ4v) is 5.09. The fraction of sp³-hybridized carbons (Fsp3) is 0.0417. The van der Waals surface area contributed by atoms with Crippen molar-refractivity contribution in [2.75, 3.05) is 5.32 Å². The summed E-state index contributed by atoms with van der Waals surface area (Å²) in [6.45, 7) is 0. The molecule has 2 heterocycles. The molecule has 0 radical (unpaired) electrons. The number of benzene rings is 3. The van der Waals surface area contributed by atoms with E-state index in [1.165, 1.54) is 0 Å². The highest BCUT2D eigenvalue weighted by Crippen LogP contribution is 2.46. The van der Waals surface area contributed by atoms with Crippen molar-refractivity contribution < 1.29 is 9.52 Å². The number of hydrogen-bond acceptors (Lipinski definition) is 5. The summed E-state index contributed by atoms with van der Waals surface area (Å²) in [5.41, 5.74) is 2.08. The zero-order valence-electron chi connectivity index (χ0n) is 15.6. The molecule has 148 valence electrons. The smallest absolute Gasteiger partial charge is 0.349 e. The van der Waals surface area contributed by atoms with Crippen molar-refractivity contribution in [3.63, 3.8) is 0 Å². The molecule has 6 heteroatoms. The molecule has 30 heavy (non-hydrogen) atoms. The molecule has 0 amide bonds. The number of thioether (sulfide) groups is 1. The van der Waals surface area contributed by atoms with Crippen LogP contribution in [0.15, 0.2) is 93.0 Å². The maximum atomic E-state index is 12.8. The van der Waals surface area contributed by atoms with Gasteiger partial charge in [-0.3, -0.25) is 0 Å². The maximum absolute atomic E-state index is 12.8. The summed E-state index contributed by atoms with van der Waals surface area (Å²) in [4.78, 5) is 13.9. The molecule has 1 atom stereocenters. The Morgan fingerprint density at radius 3 is 2.57 bits per heavy atom. The van der Waals surface area contributed by atoms with Gasteiger partial charge in [-0.15, -0.1) is 11.8 Å². The molecule has 0 spiro atoms. The number of nitrogens with one attached hydrogen (secondary N) is 1. The van der Waals surface area contributed by atoms with Crippen LogP contribution in [0, 0.1) is 0 Å². The Morgan fingerprint density at radius 1 is 0.967 bits per heavy atom. The molecule has 0 fully saturated rings. The molecule has 0 saturated heterocycles. The first-order valence-electron chi connectivity index (χ1n) is 9.36. The van der Waals surface area contributed by atoms with Crippen molar-refractivity contribution in [1.29, 1.82) is 0 Å². The highest BCUT2D eigenvalue weighted by atomic mass is 35.5. The lowest BCUT2D eigenvalue weighted by Crippen LogP contribution is -2.12. The van der Waals surface area contributed by atoms with E-state index in [2.05, 4.69) is 5.32 Å². The number of hydrogen-bond donors (Lipinski definition) is 2. The van der Waals surface area contributed by atoms with E-state index in [1.54, 1.807) is 36.0 Å². The molecule has 5 rings (SSSR count). The Balaban J connectivity index is 1.75. The van der Waals surface area contributed by atoms with Crippen LogP contribution in [0.25, 0.3) is 16.7 Å². The van der Waals surface area contributed by atoms with E-state index in [-0.39, 0.29) is 16.6 Å². The quantitative estimate of drug-likeness (QED) is 0.355. The van der Waals surface area contributed by atoms with Crippen LogP contribution in [-0.4, -0.2) is 5.11 Å². The number of aromatic hydroxyl groups is 1. The summed E-state index contributed by atoms with van der Waals surface area (Å²) >= 11 is 8.10. The van der Waals surface area contributed by atoms with E-state index in [9.17, 15) is 9.90 Å². The van der Waals surface area contributed by atoms with Crippen molar-refractivity contribution >= 4 is 45.7 Å². The van der Waals surface area contributed by atoms with Gasteiger partial charge in [0.1, 0.15) is 16.9 Å². The monoisotopic (exact) mass is 433 g/mol. The molecule has 0 bridgehead atoms. The second kappa shape index (κ2) is 7.59. The summed E-state index contributed by atoms with van der Waals surface area (Å²) in [5.74, 6) is -0.108. The average Bonchev–Trinajstić information content (AvgIpc) is 2.93. The molecular formula is C24H16ClNO3S. The topological polar surface area (TPSA) is 62.5 Å². The van der Waals surface area contributed by atoms with E-state index < -0.39 is 5.63 Å². The van der Waals surface area contributed by atoms with Gasteiger partial charge in [0.15, 0.2) is 0 Å². The normalized spacial score (nSPS) is 15.8. The van der Waals surface area contributed by atoms with Crippen molar-refractivity contribution in [3.05, 3.63) is 105 Å². The summed E-state index contributed by atoms with van der Waals surface area (Å²) in [6.07, 6.45) is 1.91. The van der Waals surface area contributed by atoms with Gasteiger partial charge in [0, 0.05) is 9.92 Å². The lowest BCUT2D eigenvalue weighted by molar-refractivity contribution is 0.465. The van der Waals surface area contributed by atoms with Gasteiger partial charge in [-0.2, -0.15) is 0 Å². The van der Waals surface area contributed by atoms with Crippen LogP contribution in [-0.2, 0) is 0 Å². The number of halogens is 1. The summed E-state index contributed by atoms with van der Waals surface area (Å²) in [7, 11) is 0. The minimum Gasteiger partial charge on any atom is -0.506 e. The van der Waals surface area contributed by atoms with E-state index >= 15 is 0 Å². The van der Waals surface area contributed by atoms with Crippen molar-refractivity contribution in [2.24, 2.45) is 0 Å². The lowest BCUT2D eigenvalue weighted by Gasteiger charge is -2.14. The van der Waals surface area contributed by atoms with Gasteiger partial charge in [0.05, 0.1) is 22.0 Å². The lowest BCUT2D eigenvalue weighted by atomic mass is 10.1. The second-order valence-corrected chi connectivity index (χ2v) is 8.46. The first-order chi connectivity index (χ1) is 14.6. The molecule has 4 nitrogen and oxygen atoms in total. The van der Waals surface area contributed by atoms with Gasteiger partial charge in [0.25, 0.3) is 0 Å². The highest BCUT2D eigenvalue weighted by molar-refractivity contribution is 7.99. The van der Waals surface area contributed by atoms with Crippen LogP contribution < -0.4 is 10.9 Å². The van der Waals surface area contributed by atoms with E-state index in [4.69, 9.17) is 16.0 Å². The van der Waals surface area contributed by atoms with Crippen molar-refractivity contribution in [2.45, 2.75) is 10.1 Å². The largest absolute Gasteiger partial charge is 0.506 e. The number of fused-ring (bicyclic) bond motifs is 2. The van der Waals surface area contributed by atoms with Gasteiger partial charge >= 0.3 is 5.63 Å². The van der Waals surface area contributed by atoms with Crippen LogP contribution in [0.1, 0.15) is 16.4 Å². The van der Waals surface area contributed by atoms with Crippen LogP contribution in [0.5, 0.6) is 5.75 Å². The van der Waals surface area contributed by atoms with Gasteiger partial charge in [0.2, 0.25) is 0 Å². The van der Waals surface area contributed by atoms with E-state index in [0.29, 0.717) is 21.7 Å². The predicted octanol–water partition coefficient (Wildman–Crippen LogP) is 6.45. The van der Waals surface area contributed by atoms with Crippen LogP contribution >= 0.6 is 23.4 Å². The molecule has 1 aliphatic heterocycles. The van der Waals surface area contributed by atoms with E-state index in [0.717, 1.165) is 16.1 Å². The Bertz CT molecular complexity index is 1360. The zero-order chi connectivity index (χ0) is 20.7. The molecule has 1 unspecified atom stereocenters. The van der Waals surface area contributed by atoms with E-state index in [1.807, 2.05) is 54.6 Å².